The highest BCUT2D eigenvalue weighted by molar-refractivity contribution is 5.37. The van der Waals surface area contributed by atoms with Crippen LogP contribution in [0.4, 0.5) is 0 Å². The topological polar surface area (TPSA) is 46.4 Å². The second-order valence-corrected chi connectivity index (χ2v) is 5.73. The van der Waals surface area contributed by atoms with Crippen molar-refractivity contribution in [3.8, 4) is 0 Å². The maximum absolute atomic E-state index is 12.0. The van der Waals surface area contributed by atoms with Crippen LogP contribution in [0, 0.1) is 5.92 Å². The zero-order chi connectivity index (χ0) is 13.9. The Morgan fingerprint density at radius 3 is 3.00 bits per heavy atom. The van der Waals surface area contributed by atoms with Gasteiger partial charge in [0.15, 0.2) is 0 Å². The molecular formula is C16H21N3O. The quantitative estimate of drug-likeness (QED) is 0.928. The molecule has 1 saturated carbocycles. The molecule has 0 spiro atoms. The van der Waals surface area contributed by atoms with Crippen molar-refractivity contribution in [3.05, 3.63) is 46.5 Å². The zero-order valence-corrected chi connectivity index (χ0v) is 11.9. The lowest BCUT2D eigenvalue weighted by Gasteiger charge is -2.20. The van der Waals surface area contributed by atoms with E-state index in [4.69, 9.17) is 0 Å². The third kappa shape index (κ3) is 2.75. The summed E-state index contributed by atoms with van der Waals surface area (Å²) in [6.07, 6.45) is 7.10. The Morgan fingerprint density at radius 2 is 2.20 bits per heavy atom. The Kier molecular flexibility index (Phi) is 3.83. The highest BCUT2D eigenvalue weighted by Gasteiger charge is 2.21. The Bertz CT molecular complexity index is 643. The van der Waals surface area contributed by atoms with Gasteiger partial charge in [0, 0.05) is 24.8 Å². The van der Waals surface area contributed by atoms with E-state index in [1.807, 2.05) is 18.2 Å². The fourth-order valence-corrected chi connectivity index (χ4v) is 3.08. The Balaban J connectivity index is 1.72. The van der Waals surface area contributed by atoms with Crippen molar-refractivity contribution in [2.45, 2.75) is 45.2 Å². The highest BCUT2D eigenvalue weighted by Crippen LogP contribution is 2.27. The first kappa shape index (κ1) is 13.3. The fourth-order valence-electron chi connectivity index (χ4n) is 3.08. The standard InChI is InChI=1S/C16H21N3O/c1-12(13-6-2-3-7-13)17-11-14-10-16(20)19-9-5-4-8-15(19)18-14/h4-5,8-10,12-13,17H,2-3,6-7,11H2,1H3/t12-/m1/s1. The summed E-state index contributed by atoms with van der Waals surface area (Å²) in [5.74, 6) is 0.775. The molecule has 20 heavy (non-hydrogen) atoms. The third-order valence-electron chi connectivity index (χ3n) is 4.34. The van der Waals surface area contributed by atoms with Gasteiger partial charge < -0.3 is 5.32 Å². The molecule has 1 atom stereocenters. The Labute approximate surface area is 118 Å². The van der Waals surface area contributed by atoms with Crippen molar-refractivity contribution in [2.24, 2.45) is 5.92 Å². The van der Waals surface area contributed by atoms with Crippen molar-refractivity contribution in [2.75, 3.05) is 0 Å². The highest BCUT2D eigenvalue weighted by atomic mass is 16.1. The molecule has 2 heterocycles. The van der Waals surface area contributed by atoms with Crippen LogP contribution < -0.4 is 10.9 Å². The van der Waals surface area contributed by atoms with Gasteiger partial charge in [-0.05, 0) is 37.8 Å². The van der Waals surface area contributed by atoms with Gasteiger partial charge in [0.05, 0.1) is 5.69 Å². The van der Waals surface area contributed by atoms with Gasteiger partial charge in [-0.25, -0.2) is 4.98 Å². The molecule has 0 saturated heterocycles. The third-order valence-corrected chi connectivity index (χ3v) is 4.34. The number of aromatic nitrogens is 2. The minimum absolute atomic E-state index is 0.0130. The first-order valence-electron chi connectivity index (χ1n) is 7.45. The summed E-state index contributed by atoms with van der Waals surface area (Å²) in [6, 6.07) is 7.73. The molecule has 2 aromatic rings. The van der Waals surface area contributed by atoms with Gasteiger partial charge in [0.2, 0.25) is 0 Å². The van der Waals surface area contributed by atoms with Crippen LogP contribution in [-0.2, 0) is 6.54 Å². The van der Waals surface area contributed by atoms with E-state index in [1.54, 1.807) is 16.7 Å². The van der Waals surface area contributed by atoms with E-state index in [0.717, 1.165) is 11.6 Å². The molecule has 106 valence electrons. The van der Waals surface area contributed by atoms with Crippen molar-refractivity contribution >= 4 is 5.65 Å². The zero-order valence-electron chi connectivity index (χ0n) is 11.9. The SMILES string of the molecule is C[C@@H](NCc1cc(=O)n2ccccc2n1)C1CCCC1. The van der Waals surface area contributed by atoms with Crippen LogP contribution in [-0.4, -0.2) is 15.4 Å². The van der Waals surface area contributed by atoms with Crippen LogP contribution in [0.2, 0.25) is 0 Å². The van der Waals surface area contributed by atoms with E-state index in [2.05, 4.69) is 17.2 Å². The second-order valence-electron chi connectivity index (χ2n) is 5.73. The minimum Gasteiger partial charge on any atom is -0.308 e. The van der Waals surface area contributed by atoms with Crippen LogP contribution in [0.1, 0.15) is 38.3 Å². The summed E-state index contributed by atoms with van der Waals surface area (Å²) >= 11 is 0. The van der Waals surface area contributed by atoms with Crippen LogP contribution in [0.3, 0.4) is 0 Å². The predicted molar refractivity (Wildman–Crippen MR) is 79.7 cm³/mol. The number of hydrogen-bond acceptors (Lipinski definition) is 3. The van der Waals surface area contributed by atoms with Crippen LogP contribution >= 0.6 is 0 Å². The molecule has 2 aromatic heterocycles. The van der Waals surface area contributed by atoms with Gasteiger partial charge in [0.25, 0.3) is 5.56 Å². The van der Waals surface area contributed by atoms with Gasteiger partial charge in [0.1, 0.15) is 5.65 Å². The number of nitrogens with one attached hydrogen (secondary N) is 1. The predicted octanol–water partition coefficient (Wildman–Crippen LogP) is 2.36. The molecule has 0 bridgehead atoms. The molecule has 0 unspecified atom stereocenters. The molecule has 3 rings (SSSR count). The number of hydrogen-bond donors (Lipinski definition) is 1. The molecular weight excluding hydrogens is 250 g/mol. The molecule has 0 amide bonds. The second kappa shape index (κ2) is 5.75. The first-order chi connectivity index (χ1) is 9.74. The van der Waals surface area contributed by atoms with Gasteiger partial charge in [-0.3, -0.25) is 9.20 Å². The summed E-state index contributed by atoms with van der Waals surface area (Å²) in [6.45, 7) is 2.90. The fraction of sp³-hybridized carbons (Fsp3) is 0.500. The number of fused-ring (bicyclic) bond motifs is 1. The maximum atomic E-state index is 12.0. The van der Waals surface area contributed by atoms with Crippen molar-refractivity contribution in [1.29, 1.82) is 0 Å². The van der Waals surface area contributed by atoms with E-state index < -0.39 is 0 Å². The number of pyridine rings is 1. The van der Waals surface area contributed by atoms with Crippen molar-refractivity contribution in [1.82, 2.24) is 14.7 Å². The average Bonchev–Trinajstić information content (AvgIpc) is 2.99. The Morgan fingerprint density at radius 1 is 1.40 bits per heavy atom. The van der Waals surface area contributed by atoms with Gasteiger partial charge in [-0.2, -0.15) is 0 Å². The molecule has 0 radical (unpaired) electrons. The number of nitrogens with zero attached hydrogens (tertiary/aromatic N) is 2. The lowest BCUT2D eigenvalue weighted by atomic mass is 10.00. The smallest absolute Gasteiger partial charge is 0.258 e. The van der Waals surface area contributed by atoms with Crippen LogP contribution in [0.25, 0.3) is 5.65 Å². The maximum Gasteiger partial charge on any atom is 0.258 e. The molecule has 0 aromatic carbocycles. The molecule has 0 aliphatic heterocycles. The average molecular weight is 271 g/mol. The molecule has 4 nitrogen and oxygen atoms in total. The summed E-state index contributed by atoms with van der Waals surface area (Å²) < 4.78 is 1.57. The first-order valence-corrected chi connectivity index (χ1v) is 7.45. The van der Waals surface area contributed by atoms with Crippen LogP contribution in [0.5, 0.6) is 0 Å². The summed E-state index contributed by atoms with van der Waals surface area (Å²) in [4.78, 5) is 16.5. The number of rotatable bonds is 4. The minimum atomic E-state index is -0.0130. The van der Waals surface area contributed by atoms with Gasteiger partial charge in [-0.15, -0.1) is 0 Å². The van der Waals surface area contributed by atoms with Gasteiger partial charge in [-0.1, -0.05) is 18.9 Å². The van der Waals surface area contributed by atoms with E-state index in [0.29, 0.717) is 18.2 Å². The monoisotopic (exact) mass is 271 g/mol. The summed E-state index contributed by atoms with van der Waals surface area (Å²) in [5, 5.41) is 3.52. The molecule has 1 N–H and O–H groups in total. The molecule has 1 aliphatic carbocycles. The van der Waals surface area contributed by atoms with Crippen LogP contribution in [0.15, 0.2) is 35.3 Å². The van der Waals surface area contributed by atoms with E-state index in [1.165, 1.54) is 25.7 Å². The molecule has 1 fully saturated rings. The lowest BCUT2D eigenvalue weighted by Crippen LogP contribution is -2.32. The summed E-state index contributed by atoms with van der Waals surface area (Å²) in [5.41, 5.74) is 1.53. The van der Waals surface area contributed by atoms with Crippen molar-refractivity contribution in [3.63, 3.8) is 0 Å². The molecule has 4 heteroatoms. The summed E-state index contributed by atoms with van der Waals surface area (Å²) in [7, 11) is 0. The largest absolute Gasteiger partial charge is 0.308 e. The lowest BCUT2D eigenvalue weighted by molar-refractivity contribution is 0.379. The van der Waals surface area contributed by atoms with Crippen molar-refractivity contribution < 1.29 is 0 Å². The van der Waals surface area contributed by atoms with E-state index >= 15 is 0 Å². The Hall–Kier alpha value is -1.68. The van der Waals surface area contributed by atoms with Gasteiger partial charge >= 0.3 is 0 Å². The normalized spacial score (nSPS) is 17.6. The van der Waals surface area contributed by atoms with E-state index in [9.17, 15) is 4.79 Å². The molecule has 1 aliphatic rings. The van der Waals surface area contributed by atoms with E-state index in [-0.39, 0.29) is 5.56 Å².